The Morgan fingerprint density at radius 3 is 2.39 bits per heavy atom. The summed E-state index contributed by atoms with van der Waals surface area (Å²) < 4.78 is 12.5. The van der Waals surface area contributed by atoms with E-state index in [0.29, 0.717) is 5.56 Å². The Hall–Kier alpha value is -3.55. The first-order chi connectivity index (χ1) is 14.7. The van der Waals surface area contributed by atoms with Gasteiger partial charge in [-0.15, -0.1) is 0 Å². The van der Waals surface area contributed by atoms with Gasteiger partial charge in [0.15, 0.2) is 0 Å². The molecule has 2 heterocycles. The number of amides is 2. The molecule has 0 bridgehead atoms. The van der Waals surface area contributed by atoms with E-state index in [2.05, 4.69) is 10.6 Å². The zero-order chi connectivity index (χ0) is 22.7. The number of carbonyl (C=O) groups is 3. The molecular formula is C23H27N3O5. The molecule has 1 aliphatic heterocycles. The van der Waals surface area contributed by atoms with Gasteiger partial charge in [-0.3, -0.25) is 0 Å². The van der Waals surface area contributed by atoms with Gasteiger partial charge in [0.1, 0.15) is 6.61 Å². The van der Waals surface area contributed by atoms with Crippen molar-refractivity contribution in [1.82, 2.24) is 15.2 Å². The summed E-state index contributed by atoms with van der Waals surface area (Å²) in [5.74, 6) is -1.10. The molecule has 2 N–H and O–H groups in total. The number of ether oxygens (including phenoxy) is 2. The Kier molecular flexibility index (Phi) is 6.48. The zero-order valence-electron chi connectivity index (χ0n) is 18.4. The van der Waals surface area contributed by atoms with Gasteiger partial charge < -0.3 is 24.7 Å². The van der Waals surface area contributed by atoms with E-state index in [9.17, 15) is 14.4 Å². The van der Waals surface area contributed by atoms with Gasteiger partial charge in [0.05, 0.1) is 29.5 Å². The topological polar surface area (TPSA) is 98.7 Å². The number of aryl methyl sites for hydroxylation is 2. The number of nitrogens with one attached hydrogen (secondary N) is 2. The second-order valence-corrected chi connectivity index (χ2v) is 7.46. The van der Waals surface area contributed by atoms with E-state index in [1.54, 1.807) is 19.9 Å². The number of aromatic nitrogens is 1. The van der Waals surface area contributed by atoms with Gasteiger partial charge in [-0.1, -0.05) is 17.7 Å². The third kappa shape index (κ3) is 4.63. The van der Waals surface area contributed by atoms with Crippen molar-refractivity contribution < 1.29 is 23.9 Å². The second-order valence-electron chi connectivity index (χ2n) is 7.46. The molecule has 1 aromatic heterocycles. The third-order valence-electron chi connectivity index (χ3n) is 5.16. The maximum atomic E-state index is 12.8. The fraction of sp³-hybridized carbons (Fsp3) is 0.348. The molecule has 1 atom stereocenters. The van der Waals surface area contributed by atoms with Crippen LogP contribution in [0.5, 0.6) is 0 Å². The van der Waals surface area contributed by atoms with Crippen molar-refractivity contribution in [2.45, 2.75) is 40.7 Å². The highest BCUT2D eigenvalue weighted by molar-refractivity contribution is 5.95. The van der Waals surface area contributed by atoms with E-state index in [1.807, 2.05) is 49.6 Å². The van der Waals surface area contributed by atoms with Gasteiger partial charge in [-0.05, 0) is 52.8 Å². The molecular weight excluding hydrogens is 398 g/mol. The minimum absolute atomic E-state index is 0.196. The highest BCUT2D eigenvalue weighted by Gasteiger charge is 2.30. The lowest BCUT2D eigenvalue weighted by Gasteiger charge is -2.26. The minimum atomic E-state index is -0.564. The molecule has 2 amide bonds. The molecule has 0 spiro atoms. The van der Waals surface area contributed by atoms with E-state index < -0.39 is 24.0 Å². The van der Waals surface area contributed by atoms with Crippen LogP contribution in [0, 0.1) is 20.8 Å². The van der Waals surface area contributed by atoms with Crippen molar-refractivity contribution >= 4 is 18.0 Å². The van der Waals surface area contributed by atoms with Gasteiger partial charge in [0.2, 0.25) is 0 Å². The van der Waals surface area contributed by atoms with Crippen molar-refractivity contribution in [3.8, 4) is 5.69 Å². The lowest BCUT2D eigenvalue weighted by atomic mass is 10.0. The number of nitrogens with zero attached hydrogens (tertiary/aromatic N) is 1. The van der Waals surface area contributed by atoms with Gasteiger partial charge in [-0.25, -0.2) is 14.4 Å². The molecule has 2 aromatic rings. The summed E-state index contributed by atoms with van der Waals surface area (Å²) in [6, 6.07) is 8.74. The van der Waals surface area contributed by atoms with Crippen LogP contribution in [0.1, 0.15) is 41.2 Å². The first-order valence-electron chi connectivity index (χ1n) is 10.1. The Balaban J connectivity index is 1.83. The molecule has 1 aliphatic rings. The van der Waals surface area contributed by atoms with Crippen LogP contribution in [0.2, 0.25) is 0 Å². The average Bonchev–Trinajstić information content (AvgIpc) is 3.00. The Bertz CT molecular complexity index is 1050. The molecule has 31 heavy (non-hydrogen) atoms. The van der Waals surface area contributed by atoms with Crippen LogP contribution in [-0.4, -0.2) is 41.8 Å². The third-order valence-corrected chi connectivity index (χ3v) is 5.16. The molecule has 8 nitrogen and oxygen atoms in total. The Morgan fingerprint density at radius 2 is 1.74 bits per heavy atom. The quantitative estimate of drug-likeness (QED) is 0.693. The number of benzene rings is 1. The van der Waals surface area contributed by atoms with E-state index >= 15 is 0 Å². The normalized spacial score (nSPS) is 15.9. The van der Waals surface area contributed by atoms with E-state index in [1.165, 1.54) is 0 Å². The lowest BCUT2D eigenvalue weighted by Crippen LogP contribution is -2.50. The van der Waals surface area contributed by atoms with Crippen LogP contribution in [0.3, 0.4) is 0 Å². The van der Waals surface area contributed by atoms with Crippen LogP contribution < -0.4 is 10.6 Å². The summed E-state index contributed by atoms with van der Waals surface area (Å²) >= 11 is 0. The molecule has 164 valence electrons. The van der Waals surface area contributed by atoms with Crippen LogP contribution in [0.15, 0.2) is 41.6 Å². The summed E-state index contributed by atoms with van der Waals surface area (Å²) in [6.07, 6.45) is 0. The molecule has 0 saturated carbocycles. The molecule has 0 unspecified atom stereocenters. The second kappa shape index (κ2) is 9.07. The summed E-state index contributed by atoms with van der Waals surface area (Å²) in [5.41, 5.74) is 4.61. The summed E-state index contributed by atoms with van der Waals surface area (Å²) in [4.78, 5) is 37.0. The summed E-state index contributed by atoms with van der Waals surface area (Å²) in [7, 11) is 0. The van der Waals surface area contributed by atoms with Crippen molar-refractivity contribution in [2.24, 2.45) is 0 Å². The van der Waals surface area contributed by atoms with Gasteiger partial charge in [0.25, 0.3) is 0 Å². The molecule has 3 rings (SSSR count). The highest BCUT2D eigenvalue weighted by Crippen LogP contribution is 2.22. The van der Waals surface area contributed by atoms with Crippen LogP contribution >= 0.6 is 0 Å². The maximum Gasteiger partial charge on any atom is 0.340 e. The smallest absolute Gasteiger partial charge is 0.340 e. The fourth-order valence-electron chi connectivity index (χ4n) is 3.67. The predicted molar refractivity (Wildman–Crippen MR) is 115 cm³/mol. The van der Waals surface area contributed by atoms with Gasteiger partial charge in [-0.2, -0.15) is 0 Å². The lowest BCUT2D eigenvalue weighted by molar-refractivity contribution is -0.139. The summed E-state index contributed by atoms with van der Waals surface area (Å²) in [5, 5.41) is 5.16. The maximum absolute atomic E-state index is 12.8. The predicted octanol–water partition coefficient (Wildman–Crippen LogP) is 3.08. The van der Waals surface area contributed by atoms with E-state index in [4.69, 9.17) is 9.47 Å². The van der Waals surface area contributed by atoms with Crippen molar-refractivity contribution in [3.05, 3.63) is 64.1 Å². The zero-order valence-corrected chi connectivity index (χ0v) is 18.4. The first kappa shape index (κ1) is 22.1. The van der Waals surface area contributed by atoms with Crippen LogP contribution in [0.4, 0.5) is 4.79 Å². The monoisotopic (exact) mass is 425 g/mol. The molecule has 1 aromatic carbocycles. The van der Waals surface area contributed by atoms with E-state index in [-0.39, 0.29) is 24.5 Å². The largest absolute Gasteiger partial charge is 0.463 e. The van der Waals surface area contributed by atoms with Crippen LogP contribution in [0.25, 0.3) is 5.69 Å². The molecule has 0 aliphatic carbocycles. The van der Waals surface area contributed by atoms with Gasteiger partial charge in [0, 0.05) is 17.1 Å². The average molecular weight is 425 g/mol. The first-order valence-corrected chi connectivity index (χ1v) is 10.1. The molecule has 8 heteroatoms. The van der Waals surface area contributed by atoms with Crippen LogP contribution in [-0.2, 0) is 14.3 Å². The standard InChI is InChI=1S/C23H27N3O5/c1-6-30-22(28)20-15(4)24-23(29)25-19(20)12-31-21(27)18-11-14(3)26(16(18)5)17-9-7-13(2)8-10-17/h7-11,15H,6,12H2,1-5H3,(H2,24,25,29)/t15-/m1/s1. The number of urea groups is 1. The number of esters is 2. The number of rotatable bonds is 6. The number of hydrogen-bond acceptors (Lipinski definition) is 5. The molecule has 0 radical (unpaired) electrons. The molecule has 0 fully saturated rings. The minimum Gasteiger partial charge on any atom is -0.463 e. The Labute approximate surface area is 181 Å². The van der Waals surface area contributed by atoms with Gasteiger partial charge >= 0.3 is 18.0 Å². The Morgan fingerprint density at radius 1 is 1.06 bits per heavy atom. The van der Waals surface area contributed by atoms with E-state index in [0.717, 1.165) is 22.6 Å². The highest BCUT2D eigenvalue weighted by atomic mass is 16.5. The van der Waals surface area contributed by atoms with Crippen molar-refractivity contribution in [3.63, 3.8) is 0 Å². The number of carbonyl (C=O) groups excluding carboxylic acids is 3. The van der Waals surface area contributed by atoms with Crippen molar-refractivity contribution in [2.75, 3.05) is 13.2 Å². The fourth-order valence-corrected chi connectivity index (χ4v) is 3.67. The SMILES string of the molecule is CCOC(=O)C1=C(COC(=O)c2cc(C)n(-c3ccc(C)cc3)c2C)NC(=O)N[C@@H]1C. The summed E-state index contributed by atoms with van der Waals surface area (Å²) in [6.45, 7) is 9.09. The number of hydrogen-bond donors (Lipinski definition) is 2. The molecule has 0 saturated heterocycles. The van der Waals surface area contributed by atoms with Crippen molar-refractivity contribution in [1.29, 1.82) is 0 Å².